The van der Waals surface area contributed by atoms with Crippen molar-refractivity contribution < 1.29 is 4.42 Å². The quantitative estimate of drug-likeness (QED) is 0.687. The van der Waals surface area contributed by atoms with Crippen molar-refractivity contribution in [1.82, 2.24) is 14.6 Å². The minimum atomic E-state index is 0.180. The van der Waals surface area contributed by atoms with Crippen LogP contribution in [0.2, 0.25) is 10.2 Å². The highest BCUT2D eigenvalue weighted by atomic mass is 35.5. The highest BCUT2D eigenvalue weighted by Gasteiger charge is 2.17. The molecule has 5 nitrogen and oxygen atoms in total. The van der Waals surface area contributed by atoms with Gasteiger partial charge in [0.05, 0.1) is 0 Å². The van der Waals surface area contributed by atoms with Crippen molar-refractivity contribution in [3.05, 3.63) is 40.0 Å². The second-order valence-corrected chi connectivity index (χ2v) is 6.52. The summed E-state index contributed by atoms with van der Waals surface area (Å²) in [5.41, 5.74) is 1.04. The van der Waals surface area contributed by atoms with Gasteiger partial charge in [-0.15, -0.1) is 10.2 Å². The van der Waals surface area contributed by atoms with Gasteiger partial charge in [-0.25, -0.2) is 0 Å². The summed E-state index contributed by atoms with van der Waals surface area (Å²) in [6.45, 7) is 0. The third-order valence-corrected chi connectivity index (χ3v) is 4.84. The van der Waals surface area contributed by atoms with Crippen LogP contribution in [0.5, 0.6) is 0 Å². The number of halogens is 2. The van der Waals surface area contributed by atoms with E-state index in [-0.39, 0.29) is 5.15 Å². The molecule has 0 bridgehead atoms. The van der Waals surface area contributed by atoms with Gasteiger partial charge in [0.1, 0.15) is 15.8 Å². The molecule has 0 aliphatic carbocycles. The Morgan fingerprint density at radius 3 is 2.90 bits per heavy atom. The van der Waals surface area contributed by atoms with Gasteiger partial charge in [-0.1, -0.05) is 29.3 Å². The van der Waals surface area contributed by atoms with E-state index in [0.717, 1.165) is 28.9 Å². The third-order valence-electron chi connectivity index (χ3n) is 2.39. The maximum absolute atomic E-state index is 9.02. The molecule has 3 aromatic rings. The van der Waals surface area contributed by atoms with Crippen LogP contribution in [0.25, 0.3) is 11.5 Å². The summed E-state index contributed by atoms with van der Waals surface area (Å²) in [7, 11) is 0. The molecule has 0 fully saturated rings. The molecule has 3 rings (SSSR count). The topological polar surface area (TPSA) is 75.6 Å². The summed E-state index contributed by atoms with van der Waals surface area (Å²) in [5.74, 6) is 0.356. The second kappa shape index (κ2) is 6.03. The van der Waals surface area contributed by atoms with E-state index in [2.05, 4.69) is 14.6 Å². The first-order valence-corrected chi connectivity index (χ1v) is 7.84. The standard InChI is InChI=1S/C12H4Cl2N4OS2/c13-7-3-1-2-6(4-7)10-16-17-12(19-10)20-11-8(5-15)9(14)18-21-11/h1-4H. The lowest BCUT2D eigenvalue weighted by atomic mass is 10.2. The van der Waals surface area contributed by atoms with Gasteiger partial charge in [0.25, 0.3) is 5.22 Å². The zero-order valence-corrected chi connectivity index (χ0v) is 13.2. The zero-order chi connectivity index (χ0) is 14.8. The summed E-state index contributed by atoms with van der Waals surface area (Å²) < 4.78 is 10.1. The molecule has 9 heteroatoms. The summed E-state index contributed by atoms with van der Waals surface area (Å²) in [4.78, 5) is 0. The lowest BCUT2D eigenvalue weighted by molar-refractivity contribution is 0.466. The monoisotopic (exact) mass is 354 g/mol. The Kier molecular flexibility index (Phi) is 4.12. The van der Waals surface area contributed by atoms with Crippen molar-refractivity contribution in [3.63, 3.8) is 0 Å². The van der Waals surface area contributed by atoms with Crippen molar-refractivity contribution in [2.24, 2.45) is 0 Å². The molecule has 21 heavy (non-hydrogen) atoms. The van der Waals surface area contributed by atoms with Crippen molar-refractivity contribution in [2.75, 3.05) is 0 Å². The van der Waals surface area contributed by atoms with Crippen LogP contribution in [0.3, 0.4) is 0 Å². The van der Waals surface area contributed by atoms with Gasteiger partial charge in [-0.05, 0) is 41.5 Å². The minimum absolute atomic E-state index is 0.180. The van der Waals surface area contributed by atoms with Crippen LogP contribution < -0.4 is 0 Å². The average Bonchev–Trinajstić information content (AvgIpc) is 3.07. The number of aromatic nitrogens is 3. The summed E-state index contributed by atoms with van der Waals surface area (Å²) in [5, 5.41) is 18.0. The number of hydrogen-bond acceptors (Lipinski definition) is 7. The molecule has 2 heterocycles. The molecular formula is C12H4Cl2N4OS2. The predicted molar refractivity (Wildman–Crippen MR) is 80.7 cm³/mol. The Labute approximate surface area is 137 Å². The molecule has 0 aliphatic rings. The van der Waals surface area contributed by atoms with Gasteiger partial charge in [-0.3, -0.25) is 0 Å². The number of rotatable bonds is 3. The van der Waals surface area contributed by atoms with E-state index < -0.39 is 0 Å². The fraction of sp³-hybridized carbons (Fsp3) is 0. The molecule has 2 aromatic heterocycles. The largest absolute Gasteiger partial charge is 0.411 e. The van der Waals surface area contributed by atoms with Gasteiger partial charge in [-0.2, -0.15) is 9.64 Å². The number of nitrogens with zero attached hydrogens (tertiary/aromatic N) is 4. The third kappa shape index (κ3) is 3.04. The Bertz CT molecular complexity index is 840. The molecule has 0 N–H and O–H groups in total. The van der Waals surface area contributed by atoms with Crippen LogP contribution >= 0.6 is 46.5 Å². The first-order chi connectivity index (χ1) is 10.2. The van der Waals surface area contributed by atoms with Gasteiger partial charge in [0.2, 0.25) is 5.89 Å². The number of benzene rings is 1. The highest BCUT2D eigenvalue weighted by Crippen LogP contribution is 2.36. The maximum Gasteiger partial charge on any atom is 0.282 e. The number of hydrogen-bond donors (Lipinski definition) is 0. The number of nitriles is 1. The zero-order valence-electron chi connectivity index (χ0n) is 10.1. The van der Waals surface area contributed by atoms with Crippen molar-refractivity contribution in [2.45, 2.75) is 9.43 Å². The SMILES string of the molecule is N#Cc1c(Cl)nsc1Sc1nnc(-c2cccc(Cl)c2)o1. The first-order valence-electron chi connectivity index (χ1n) is 5.50. The molecule has 0 saturated heterocycles. The molecule has 0 unspecified atom stereocenters. The molecule has 0 amide bonds. The molecule has 1 aromatic carbocycles. The summed E-state index contributed by atoms with van der Waals surface area (Å²) in [6.07, 6.45) is 0. The Balaban J connectivity index is 1.87. The Morgan fingerprint density at radius 1 is 1.29 bits per heavy atom. The summed E-state index contributed by atoms with van der Waals surface area (Å²) in [6, 6.07) is 9.10. The predicted octanol–water partition coefficient (Wildman–Crippen LogP) is 4.52. The van der Waals surface area contributed by atoms with Crippen molar-refractivity contribution >= 4 is 46.5 Å². The van der Waals surface area contributed by atoms with Crippen LogP contribution in [-0.2, 0) is 0 Å². The molecule has 0 atom stereocenters. The van der Waals surface area contributed by atoms with Crippen LogP contribution in [0.1, 0.15) is 5.56 Å². The van der Waals surface area contributed by atoms with E-state index in [1.807, 2.05) is 12.1 Å². The van der Waals surface area contributed by atoms with Crippen molar-refractivity contribution in [1.29, 1.82) is 5.26 Å². The van der Waals surface area contributed by atoms with Gasteiger partial charge < -0.3 is 4.42 Å². The van der Waals surface area contributed by atoms with Crippen LogP contribution in [-0.4, -0.2) is 14.6 Å². The van der Waals surface area contributed by atoms with Gasteiger partial charge in [0, 0.05) is 10.6 Å². The Morgan fingerprint density at radius 2 is 2.14 bits per heavy atom. The first kappa shape index (κ1) is 14.4. The maximum atomic E-state index is 9.02. The summed E-state index contributed by atoms with van der Waals surface area (Å²) >= 11 is 14.0. The molecule has 0 saturated carbocycles. The van der Waals surface area contributed by atoms with E-state index in [1.54, 1.807) is 18.2 Å². The normalized spacial score (nSPS) is 10.5. The van der Waals surface area contributed by atoms with E-state index >= 15 is 0 Å². The van der Waals surface area contributed by atoms with Gasteiger partial charge in [0.15, 0.2) is 5.15 Å². The minimum Gasteiger partial charge on any atom is -0.411 e. The van der Waals surface area contributed by atoms with E-state index in [4.69, 9.17) is 32.9 Å². The molecule has 0 radical (unpaired) electrons. The molecule has 104 valence electrons. The highest BCUT2D eigenvalue weighted by molar-refractivity contribution is 8.00. The average molecular weight is 355 g/mol. The second-order valence-electron chi connectivity index (χ2n) is 3.73. The smallest absolute Gasteiger partial charge is 0.282 e. The van der Waals surface area contributed by atoms with Crippen LogP contribution in [0, 0.1) is 11.3 Å². The van der Waals surface area contributed by atoms with Gasteiger partial charge >= 0.3 is 0 Å². The lowest BCUT2D eigenvalue weighted by Gasteiger charge is -1.94. The Hall–Kier alpha value is -1.59. The molecule has 0 spiro atoms. The van der Waals surface area contributed by atoms with E-state index in [9.17, 15) is 0 Å². The van der Waals surface area contributed by atoms with E-state index in [1.165, 1.54) is 0 Å². The molecular weight excluding hydrogens is 351 g/mol. The van der Waals surface area contributed by atoms with Crippen LogP contribution in [0.15, 0.2) is 38.1 Å². The van der Waals surface area contributed by atoms with Crippen LogP contribution in [0.4, 0.5) is 0 Å². The van der Waals surface area contributed by atoms with Crippen molar-refractivity contribution in [3.8, 4) is 17.5 Å². The fourth-order valence-corrected chi connectivity index (χ4v) is 3.60. The lowest BCUT2D eigenvalue weighted by Crippen LogP contribution is -1.76. The van der Waals surface area contributed by atoms with E-state index in [0.29, 0.717) is 25.9 Å². The molecule has 0 aliphatic heterocycles. The fourth-order valence-electron chi connectivity index (χ4n) is 1.49.